The predicted molar refractivity (Wildman–Crippen MR) is 80.4 cm³/mol. The van der Waals surface area contributed by atoms with Crippen molar-refractivity contribution in [3.05, 3.63) is 34.5 Å². The molecule has 3 aromatic rings. The van der Waals surface area contributed by atoms with Gasteiger partial charge < -0.3 is 10.8 Å². The zero-order valence-electron chi connectivity index (χ0n) is 10.8. The third-order valence-corrected chi connectivity index (χ3v) is 4.09. The Morgan fingerprint density at radius 2 is 2.19 bits per heavy atom. The molecule has 0 bridgehead atoms. The van der Waals surface area contributed by atoms with Gasteiger partial charge in [-0.3, -0.25) is 14.7 Å². The van der Waals surface area contributed by atoms with Gasteiger partial charge in [0.05, 0.1) is 15.8 Å². The standard InChI is InChI=1S/C14H11N3O3S/c15-14-13-8(2-1-3-9(13)16-17-14)7-4-11(21-6-7)10(18)5-12(19)20/h1-4,6H,5H2,(H,19,20)(H3,15,16,17). The number of hydrogen-bond acceptors (Lipinski definition) is 5. The Bertz CT molecular complexity index is 850. The lowest BCUT2D eigenvalue weighted by molar-refractivity contribution is -0.135. The first-order valence-corrected chi connectivity index (χ1v) is 7.00. The quantitative estimate of drug-likeness (QED) is 0.507. The minimum atomic E-state index is -1.13. The van der Waals surface area contributed by atoms with E-state index in [-0.39, 0.29) is 0 Å². The number of carboxylic acids is 1. The third kappa shape index (κ3) is 2.38. The average molecular weight is 301 g/mol. The molecular weight excluding hydrogens is 290 g/mol. The molecule has 0 amide bonds. The van der Waals surface area contributed by atoms with Gasteiger partial charge in [-0.2, -0.15) is 5.10 Å². The first-order valence-electron chi connectivity index (χ1n) is 6.12. The highest BCUT2D eigenvalue weighted by molar-refractivity contribution is 7.12. The monoisotopic (exact) mass is 301 g/mol. The Morgan fingerprint density at radius 3 is 2.95 bits per heavy atom. The highest BCUT2D eigenvalue weighted by Gasteiger charge is 2.16. The Morgan fingerprint density at radius 1 is 1.38 bits per heavy atom. The number of aromatic amines is 1. The highest BCUT2D eigenvalue weighted by Crippen LogP contribution is 2.34. The molecular formula is C14H11N3O3S. The molecule has 0 saturated carbocycles. The number of nitrogens with two attached hydrogens (primary N) is 1. The number of thiophene rings is 1. The molecule has 2 heterocycles. The van der Waals surface area contributed by atoms with Crippen LogP contribution in [0.25, 0.3) is 22.0 Å². The van der Waals surface area contributed by atoms with Crippen LogP contribution in [-0.2, 0) is 4.79 Å². The maximum absolute atomic E-state index is 11.8. The zero-order valence-corrected chi connectivity index (χ0v) is 11.6. The van der Waals surface area contributed by atoms with Crippen LogP contribution in [0, 0.1) is 0 Å². The van der Waals surface area contributed by atoms with Crippen LogP contribution in [0.2, 0.25) is 0 Å². The smallest absolute Gasteiger partial charge is 0.311 e. The van der Waals surface area contributed by atoms with E-state index in [9.17, 15) is 9.59 Å². The molecule has 0 aliphatic rings. The highest BCUT2D eigenvalue weighted by atomic mass is 32.1. The van der Waals surface area contributed by atoms with Gasteiger partial charge in [0.25, 0.3) is 0 Å². The van der Waals surface area contributed by atoms with Crippen LogP contribution in [0.15, 0.2) is 29.6 Å². The molecule has 106 valence electrons. The Kier molecular flexibility index (Phi) is 3.19. The number of Topliss-reactive ketones (excluding diaryl/α,β-unsaturated/α-hetero) is 1. The number of carboxylic acid groups (broad SMARTS) is 1. The number of rotatable bonds is 4. The van der Waals surface area contributed by atoms with Gasteiger partial charge in [-0.05, 0) is 28.6 Å². The van der Waals surface area contributed by atoms with Gasteiger partial charge in [0.1, 0.15) is 6.42 Å². The number of aromatic nitrogens is 2. The summed E-state index contributed by atoms with van der Waals surface area (Å²) in [6.07, 6.45) is -0.502. The Hall–Kier alpha value is -2.67. The molecule has 6 nitrogen and oxygen atoms in total. The fourth-order valence-corrected chi connectivity index (χ4v) is 3.03. The first kappa shape index (κ1) is 13.3. The number of anilines is 1. The van der Waals surface area contributed by atoms with Crippen molar-refractivity contribution in [2.45, 2.75) is 6.42 Å². The second-order valence-electron chi connectivity index (χ2n) is 4.53. The molecule has 7 heteroatoms. The summed E-state index contributed by atoms with van der Waals surface area (Å²) in [6.45, 7) is 0. The van der Waals surface area contributed by atoms with Crippen LogP contribution in [0.3, 0.4) is 0 Å². The largest absolute Gasteiger partial charge is 0.481 e. The van der Waals surface area contributed by atoms with Crippen molar-refractivity contribution < 1.29 is 14.7 Å². The number of ketones is 1. The number of nitrogens with zero attached hydrogens (tertiary/aromatic N) is 1. The van der Waals surface area contributed by atoms with Crippen molar-refractivity contribution in [2.24, 2.45) is 0 Å². The van der Waals surface area contributed by atoms with E-state index in [0.29, 0.717) is 10.7 Å². The zero-order chi connectivity index (χ0) is 15.0. The summed E-state index contributed by atoms with van der Waals surface area (Å²) in [7, 11) is 0. The first-order chi connectivity index (χ1) is 10.1. The van der Waals surface area contributed by atoms with Crippen LogP contribution < -0.4 is 5.73 Å². The van der Waals surface area contributed by atoms with E-state index in [4.69, 9.17) is 10.8 Å². The Labute approximate surface area is 123 Å². The number of carbonyl (C=O) groups is 2. The second kappa shape index (κ2) is 5.02. The van der Waals surface area contributed by atoms with Crippen molar-refractivity contribution in [3.8, 4) is 11.1 Å². The molecule has 0 radical (unpaired) electrons. The maximum atomic E-state index is 11.8. The Balaban J connectivity index is 2.04. The van der Waals surface area contributed by atoms with Gasteiger partial charge in [-0.15, -0.1) is 11.3 Å². The number of benzene rings is 1. The van der Waals surface area contributed by atoms with E-state index in [2.05, 4.69) is 10.2 Å². The van der Waals surface area contributed by atoms with Gasteiger partial charge in [-0.1, -0.05) is 12.1 Å². The van der Waals surface area contributed by atoms with Crippen molar-refractivity contribution in [3.63, 3.8) is 0 Å². The van der Waals surface area contributed by atoms with Crippen molar-refractivity contribution in [1.82, 2.24) is 10.2 Å². The summed E-state index contributed by atoms with van der Waals surface area (Å²) >= 11 is 1.23. The molecule has 0 fully saturated rings. The van der Waals surface area contributed by atoms with Crippen LogP contribution in [0.5, 0.6) is 0 Å². The average Bonchev–Trinajstić information content (AvgIpc) is 3.05. The molecule has 0 saturated heterocycles. The van der Waals surface area contributed by atoms with Crippen LogP contribution in [-0.4, -0.2) is 27.1 Å². The summed E-state index contributed by atoms with van der Waals surface area (Å²) < 4.78 is 0. The lowest BCUT2D eigenvalue weighted by Crippen LogP contribution is -2.04. The lowest BCUT2D eigenvalue weighted by Gasteiger charge is -2.00. The second-order valence-corrected chi connectivity index (χ2v) is 5.44. The van der Waals surface area contributed by atoms with E-state index in [0.717, 1.165) is 22.0 Å². The molecule has 4 N–H and O–H groups in total. The fraction of sp³-hybridized carbons (Fsp3) is 0.0714. The molecule has 3 rings (SSSR count). The minimum absolute atomic E-state index is 0.394. The number of nitrogens with one attached hydrogen (secondary N) is 1. The van der Waals surface area contributed by atoms with E-state index in [1.807, 2.05) is 23.6 Å². The van der Waals surface area contributed by atoms with E-state index >= 15 is 0 Å². The van der Waals surface area contributed by atoms with Gasteiger partial charge in [0.15, 0.2) is 11.6 Å². The van der Waals surface area contributed by atoms with Crippen LogP contribution in [0.1, 0.15) is 16.1 Å². The van der Waals surface area contributed by atoms with E-state index in [1.54, 1.807) is 6.07 Å². The molecule has 0 aliphatic heterocycles. The SMILES string of the molecule is Nc1n[nH]c2cccc(-c3csc(C(=O)CC(=O)O)c3)c12. The fourth-order valence-electron chi connectivity index (χ4n) is 2.19. The van der Waals surface area contributed by atoms with E-state index in [1.165, 1.54) is 11.3 Å². The molecule has 0 aliphatic carbocycles. The third-order valence-electron chi connectivity index (χ3n) is 3.11. The number of aliphatic carboxylic acids is 1. The van der Waals surface area contributed by atoms with Gasteiger partial charge in [-0.25, -0.2) is 0 Å². The number of fused-ring (bicyclic) bond motifs is 1. The molecule has 0 spiro atoms. The number of H-pyrrole nitrogens is 1. The van der Waals surface area contributed by atoms with Crippen LogP contribution in [0.4, 0.5) is 5.82 Å². The minimum Gasteiger partial charge on any atom is -0.481 e. The number of hydrogen-bond donors (Lipinski definition) is 3. The van der Waals surface area contributed by atoms with Crippen LogP contribution >= 0.6 is 11.3 Å². The van der Waals surface area contributed by atoms with Gasteiger partial charge in [0, 0.05) is 0 Å². The van der Waals surface area contributed by atoms with Crippen molar-refractivity contribution in [2.75, 3.05) is 5.73 Å². The molecule has 1 aromatic carbocycles. The van der Waals surface area contributed by atoms with Crippen molar-refractivity contribution in [1.29, 1.82) is 0 Å². The van der Waals surface area contributed by atoms with Crippen molar-refractivity contribution >= 4 is 39.8 Å². The number of nitrogen functional groups attached to an aromatic ring is 1. The normalized spacial score (nSPS) is 10.9. The molecule has 0 unspecified atom stereocenters. The van der Waals surface area contributed by atoms with Gasteiger partial charge in [0.2, 0.25) is 0 Å². The topological polar surface area (TPSA) is 109 Å². The predicted octanol–water partition coefficient (Wildman–Crippen LogP) is 2.53. The summed E-state index contributed by atoms with van der Waals surface area (Å²) in [5.41, 5.74) is 8.37. The summed E-state index contributed by atoms with van der Waals surface area (Å²) in [5, 5.41) is 18.1. The molecule has 0 atom stereocenters. The van der Waals surface area contributed by atoms with Gasteiger partial charge >= 0.3 is 5.97 Å². The number of carbonyl (C=O) groups excluding carboxylic acids is 1. The van der Waals surface area contributed by atoms with E-state index < -0.39 is 18.2 Å². The maximum Gasteiger partial charge on any atom is 0.311 e. The summed E-state index contributed by atoms with van der Waals surface area (Å²) in [6, 6.07) is 7.32. The summed E-state index contributed by atoms with van der Waals surface area (Å²) in [5.74, 6) is -1.13. The summed E-state index contributed by atoms with van der Waals surface area (Å²) in [4.78, 5) is 22.8. The molecule has 21 heavy (non-hydrogen) atoms. The lowest BCUT2D eigenvalue weighted by atomic mass is 10.0. The molecule has 2 aromatic heterocycles.